The van der Waals surface area contributed by atoms with Crippen molar-refractivity contribution in [3.05, 3.63) is 41.4 Å². The molecule has 1 fully saturated rings. The SMILES string of the molecule is Cl.Cl.O[C@H]1CNCC[C@@H]1n1ccnc1-c1ccc(Cl)c(F)c1. The van der Waals surface area contributed by atoms with Crippen molar-refractivity contribution in [1.82, 2.24) is 14.9 Å². The van der Waals surface area contributed by atoms with E-state index in [1.54, 1.807) is 12.3 Å². The van der Waals surface area contributed by atoms with Crippen molar-refractivity contribution in [1.29, 1.82) is 0 Å². The van der Waals surface area contributed by atoms with Crippen LogP contribution >= 0.6 is 36.4 Å². The molecular weight excluding hydrogens is 352 g/mol. The molecule has 2 aromatic rings. The highest BCUT2D eigenvalue weighted by Gasteiger charge is 2.26. The van der Waals surface area contributed by atoms with E-state index in [9.17, 15) is 9.50 Å². The molecule has 2 heterocycles. The summed E-state index contributed by atoms with van der Waals surface area (Å²) in [5, 5.41) is 13.3. The minimum absolute atomic E-state index is 0. The first-order chi connectivity index (χ1) is 9.66. The number of aliphatic hydroxyl groups excluding tert-OH is 1. The monoisotopic (exact) mass is 367 g/mol. The van der Waals surface area contributed by atoms with Gasteiger partial charge in [-0.3, -0.25) is 0 Å². The number of hydrogen-bond donors (Lipinski definition) is 2. The summed E-state index contributed by atoms with van der Waals surface area (Å²) in [6, 6.07) is 4.57. The molecule has 0 bridgehead atoms. The first kappa shape index (κ1) is 19.2. The van der Waals surface area contributed by atoms with Crippen LogP contribution in [0, 0.1) is 5.82 Å². The predicted molar refractivity (Wildman–Crippen MR) is 89.7 cm³/mol. The van der Waals surface area contributed by atoms with Gasteiger partial charge in [-0.15, -0.1) is 24.8 Å². The van der Waals surface area contributed by atoms with Gasteiger partial charge in [0.2, 0.25) is 0 Å². The molecule has 2 atom stereocenters. The lowest BCUT2D eigenvalue weighted by molar-refractivity contribution is 0.0880. The van der Waals surface area contributed by atoms with Gasteiger partial charge in [-0.1, -0.05) is 11.6 Å². The van der Waals surface area contributed by atoms with E-state index in [1.807, 2.05) is 10.8 Å². The number of aromatic nitrogens is 2. The average molecular weight is 369 g/mol. The van der Waals surface area contributed by atoms with E-state index in [0.717, 1.165) is 13.0 Å². The molecule has 0 aliphatic carbocycles. The normalized spacial score (nSPS) is 20.9. The van der Waals surface area contributed by atoms with Crippen molar-refractivity contribution in [2.45, 2.75) is 18.6 Å². The molecule has 1 aliphatic heterocycles. The Balaban J connectivity index is 0.00000121. The van der Waals surface area contributed by atoms with Crippen LogP contribution in [0.3, 0.4) is 0 Å². The molecule has 1 aromatic carbocycles. The van der Waals surface area contributed by atoms with Crippen LogP contribution in [0.15, 0.2) is 30.6 Å². The quantitative estimate of drug-likeness (QED) is 0.856. The fraction of sp³-hybridized carbons (Fsp3) is 0.357. The van der Waals surface area contributed by atoms with Gasteiger partial charge in [-0.25, -0.2) is 9.37 Å². The van der Waals surface area contributed by atoms with Crippen LogP contribution < -0.4 is 5.32 Å². The number of rotatable bonds is 2. The molecule has 122 valence electrons. The third-order valence-electron chi connectivity index (χ3n) is 3.62. The third-order valence-corrected chi connectivity index (χ3v) is 3.92. The molecular formula is C14H17Cl3FN3O. The molecule has 22 heavy (non-hydrogen) atoms. The summed E-state index contributed by atoms with van der Waals surface area (Å²) in [4.78, 5) is 4.29. The van der Waals surface area contributed by atoms with E-state index in [2.05, 4.69) is 10.3 Å². The number of piperidine rings is 1. The lowest BCUT2D eigenvalue weighted by Gasteiger charge is -2.30. The Morgan fingerprint density at radius 3 is 2.82 bits per heavy atom. The van der Waals surface area contributed by atoms with Crippen LogP contribution in [-0.2, 0) is 0 Å². The van der Waals surface area contributed by atoms with E-state index >= 15 is 0 Å². The zero-order valence-electron chi connectivity index (χ0n) is 11.6. The first-order valence-corrected chi connectivity index (χ1v) is 6.91. The molecule has 4 nitrogen and oxygen atoms in total. The molecule has 2 N–H and O–H groups in total. The van der Waals surface area contributed by atoms with Crippen molar-refractivity contribution in [3.63, 3.8) is 0 Å². The van der Waals surface area contributed by atoms with Crippen LogP contribution in [0.2, 0.25) is 5.02 Å². The third kappa shape index (κ3) is 3.73. The Bertz CT molecular complexity index is 623. The smallest absolute Gasteiger partial charge is 0.142 e. The van der Waals surface area contributed by atoms with Gasteiger partial charge in [0, 0.05) is 24.5 Å². The fourth-order valence-corrected chi connectivity index (χ4v) is 2.71. The molecule has 0 unspecified atom stereocenters. The Hall–Kier alpha value is -0.850. The molecule has 0 spiro atoms. The number of halogens is 4. The summed E-state index contributed by atoms with van der Waals surface area (Å²) in [5.74, 6) is 0.177. The van der Waals surface area contributed by atoms with Crippen LogP contribution in [-0.4, -0.2) is 33.9 Å². The van der Waals surface area contributed by atoms with Crippen LogP contribution in [0.1, 0.15) is 12.5 Å². The Morgan fingerprint density at radius 2 is 2.14 bits per heavy atom. The molecule has 1 saturated heterocycles. The van der Waals surface area contributed by atoms with Gasteiger partial charge >= 0.3 is 0 Å². The summed E-state index contributed by atoms with van der Waals surface area (Å²) in [6.45, 7) is 1.39. The van der Waals surface area contributed by atoms with E-state index in [4.69, 9.17) is 11.6 Å². The summed E-state index contributed by atoms with van der Waals surface area (Å²) in [5.41, 5.74) is 0.655. The fourth-order valence-electron chi connectivity index (χ4n) is 2.59. The number of β-amino-alcohol motifs (C(OH)–C–C–N with tert-alkyl or cyclic N) is 1. The highest BCUT2D eigenvalue weighted by Crippen LogP contribution is 2.28. The van der Waals surface area contributed by atoms with Crippen molar-refractivity contribution < 1.29 is 9.50 Å². The zero-order chi connectivity index (χ0) is 14.1. The standard InChI is InChI=1S/C14H15ClFN3O.2ClH/c15-10-2-1-9(7-11(10)16)14-18-5-6-19(14)12-3-4-17-8-13(12)20;;/h1-2,5-7,12-13,17,20H,3-4,8H2;2*1H/t12-,13-;;/m0../s1. The van der Waals surface area contributed by atoms with Gasteiger partial charge in [0.25, 0.3) is 0 Å². The van der Waals surface area contributed by atoms with E-state index in [0.29, 0.717) is 17.9 Å². The summed E-state index contributed by atoms with van der Waals surface area (Å²) >= 11 is 5.70. The second-order valence-electron chi connectivity index (χ2n) is 4.91. The molecule has 0 radical (unpaired) electrons. The van der Waals surface area contributed by atoms with Crippen molar-refractivity contribution in [2.75, 3.05) is 13.1 Å². The summed E-state index contributed by atoms with van der Waals surface area (Å²) in [7, 11) is 0. The minimum atomic E-state index is -0.478. The number of aliphatic hydroxyl groups is 1. The molecule has 1 aromatic heterocycles. The predicted octanol–water partition coefficient (Wildman–Crippen LogP) is 3.08. The Morgan fingerprint density at radius 1 is 1.36 bits per heavy atom. The van der Waals surface area contributed by atoms with Gasteiger partial charge in [-0.2, -0.15) is 0 Å². The molecule has 1 aliphatic rings. The van der Waals surface area contributed by atoms with E-state index < -0.39 is 11.9 Å². The molecule has 0 saturated carbocycles. The van der Waals surface area contributed by atoms with Crippen LogP contribution in [0.4, 0.5) is 4.39 Å². The maximum absolute atomic E-state index is 13.6. The average Bonchev–Trinajstić information content (AvgIpc) is 2.91. The summed E-state index contributed by atoms with van der Waals surface area (Å²) < 4.78 is 15.5. The van der Waals surface area contributed by atoms with Crippen molar-refractivity contribution in [3.8, 4) is 11.4 Å². The molecule has 8 heteroatoms. The van der Waals surface area contributed by atoms with Crippen LogP contribution in [0.25, 0.3) is 11.4 Å². The number of nitrogens with zero attached hydrogens (tertiary/aromatic N) is 2. The Labute approximate surface area is 145 Å². The van der Waals surface area contributed by atoms with Gasteiger partial charge < -0.3 is 15.0 Å². The lowest BCUT2D eigenvalue weighted by Crippen LogP contribution is -2.41. The maximum atomic E-state index is 13.6. The van der Waals surface area contributed by atoms with Gasteiger partial charge in [0.05, 0.1) is 17.2 Å². The molecule has 3 rings (SSSR count). The van der Waals surface area contributed by atoms with Crippen molar-refractivity contribution in [2.24, 2.45) is 0 Å². The van der Waals surface area contributed by atoms with Crippen molar-refractivity contribution >= 4 is 36.4 Å². The highest BCUT2D eigenvalue weighted by molar-refractivity contribution is 6.30. The maximum Gasteiger partial charge on any atom is 0.142 e. The second kappa shape index (κ2) is 8.13. The summed E-state index contributed by atoms with van der Waals surface area (Å²) in [6.07, 6.45) is 3.81. The number of hydrogen-bond acceptors (Lipinski definition) is 3. The van der Waals surface area contributed by atoms with Gasteiger partial charge in [0.1, 0.15) is 11.6 Å². The van der Waals surface area contributed by atoms with Gasteiger partial charge in [0.15, 0.2) is 0 Å². The number of imidazole rings is 1. The first-order valence-electron chi connectivity index (χ1n) is 6.54. The number of benzene rings is 1. The zero-order valence-corrected chi connectivity index (χ0v) is 14.0. The minimum Gasteiger partial charge on any atom is -0.390 e. The highest BCUT2D eigenvalue weighted by atomic mass is 35.5. The van der Waals surface area contributed by atoms with Gasteiger partial charge in [-0.05, 0) is 31.2 Å². The largest absolute Gasteiger partial charge is 0.390 e. The van der Waals surface area contributed by atoms with E-state index in [-0.39, 0.29) is 35.9 Å². The molecule has 0 amide bonds. The van der Waals surface area contributed by atoms with E-state index in [1.165, 1.54) is 12.1 Å². The topological polar surface area (TPSA) is 50.1 Å². The lowest BCUT2D eigenvalue weighted by atomic mass is 10.0. The number of nitrogens with one attached hydrogen (secondary N) is 1. The second-order valence-corrected chi connectivity index (χ2v) is 5.32. The van der Waals surface area contributed by atoms with Crippen LogP contribution in [0.5, 0.6) is 0 Å². The Kier molecular flexibility index (Phi) is 7.09.